The fourth-order valence-electron chi connectivity index (χ4n) is 4.08. The lowest BCUT2D eigenvalue weighted by Crippen LogP contribution is -2.31. The van der Waals surface area contributed by atoms with E-state index >= 15 is 0 Å². The van der Waals surface area contributed by atoms with Gasteiger partial charge >= 0.3 is 5.97 Å². The summed E-state index contributed by atoms with van der Waals surface area (Å²) in [6.45, 7) is 5.16. The summed E-state index contributed by atoms with van der Waals surface area (Å²) < 4.78 is 12.3. The molecule has 4 aromatic rings. The number of nitro groups is 1. The number of pyridine rings is 1. The van der Waals surface area contributed by atoms with Gasteiger partial charge in [0.2, 0.25) is 0 Å². The quantitative estimate of drug-likeness (QED) is 0.219. The van der Waals surface area contributed by atoms with Gasteiger partial charge in [-0.3, -0.25) is 24.4 Å². The first-order valence-corrected chi connectivity index (χ1v) is 11.3. The topological polar surface area (TPSA) is 142 Å². The van der Waals surface area contributed by atoms with Crippen molar-refractivity contribution in [2.45, 2.75) is 39.3 Å². The highest BCUT2D eigenvalue weighted by molar-refractivity contribution is 6.07. The number of carbonyl (C=O) groups excluding carboxylic acids is 2. The third-order valence-corrected chi connectivity index (χ3v) is 5.54. The Morgan fingerprint density at radius 1 is 1.22 bits per heavy atom. The van der Waals surface area contributed by atoms with Crippen molar-refractivity contribution in [3.63, 3.8) is 0 Å². The van der Waals surface area contributed by atoms with Crippen LogP contribution in [-0.2, 0) is 16.6 Å². The summed E-state index contributed by atoms with van der Waals surface area (Å²) in [4.78, 5) is 42.0. The Morgan fingerprint density at radius 2 is 1.97 bits per heavy atom. The number of nitrogens with zero attached hydrogens (tertiary/aromatic N) is 4. The second-order valence-corrected chi connectivity index (χ2v) is 8.52. The number of aromatic nitrogens is 3. The Balaban J connectivity index is 1.79. The number of carbonyl (C=O) groups is 2. The van der Waals surface area contributed by atoms with Crippen molar-refractivity contribution in [1.82, 2.24) is 20.1 Å². The molecule has 36 heavy (non-hydrogen) atoms. The van der Waals surface area contributed by atoms with Crippen LogP contribution in [0, 0.1) is 17.0 Å². The van der Waals surface area contributed by atoms with E-state index in [0.717, 1.165) is 0 Å². The molecule has 0 fully saturated rings. The first kappa shape index (κ1) is 24.6. The summed E-state index contributed by atoms with van der Waals surface area (Å²) in [6.07, 6.45) is 0.828. The summed E-state index contributed by atoms with van der Waals surface area (Å²) in [7, 11) is 1.72. The van der Waals surface area contributed by atoms with Crippen LogP contribution >= 0.6 is 0 Å². The van der Waals surface area contributed by atoms with Crippen molar-refractivity contribution in [2.24, 2.45) is 7.05 Å². The van der Waals surface area contributed by atoms with E-state index in [9.17, 15) is 19.7 Å². The highest BCUT2D eigenvalue weighted by atomic mass is 16.6. The number of amides is 1. The van der Waals surface area contributed by atoms with Crippen molar-refractivity contribution in [3.8, 4) is 11.5 Å². The standard InChI is InChI=1S/C25H25N5O6/c1-14(2)36-22(31)13-18(16-8-5-6-9-20(16)30(33)34)27-25(32)17-12-19(21-10-7-11-35-21)26-24-23(17)15(3)28-29(24)4/h5-12,14,18H,13H2,1-4H3,(H,27,32). The molecule has 0 bridgehead atoms. The van der Waals surface area contributed by atoms with Crippen molar-refractivity contribution < 1.29 is 23.7 Å². The average molecular weight is 492 g/mol. The number of hydrogen-bond donors (Lipinski definition) is 1. The smallest absolute Gasteiger partial charge is 0.308 e. The normalized spacial score (nSPS) is 12.0. The molecule has 11 heteroatoms. The lowest BCUT2D eigenvalue weighted by molar-refractivity contribution is -0.385. The van der Waals surface area contributed by atoms with Gasteiger partial charge in [0.25, 0.3) is 11.6 Å². The van der Waals surface area contributed by atoms with Gasteiger partial charge in [0.15, 0.2) is 11.4 Å². The fraction of sp³-hybridized carbons (Fsp3) is 0.280. The molecule has 0 spiro atoms. The Bertz CT molecular complexity index is 1440. The number of ether oxygens (including phenoxy) is 1. The molecule has 1 aromatic carbocycles. The summed E-state index contributed by atoms with van der Waals surface area (Å²) in [5, 5.41) is 19.4. The third-order valence-electron chi connectivity index (χ3n) is 5.54. The minimum atomic E-state index is -1.02. The number of benzene rings is 1. The fourth-order valence-corrected chi connectivity index (χ4v) is 4.08. The molecule has 1 atom stereocenters. The van der Waals surface area contributed by atoms with Gasteiger partial charge in [-0.25, -0.2) is 4.98 Å². The Hall–Kier alpha value is -4.54. The molecule has 3 aromatic heterocycles. The van der Waals surface area contributed by atoms with Crippen LogP contribution in [0.3, 0.4) is 0 Å². The first-order valence-electron chi connectivity index (χ1n) is 11.3. The minimum Gasteiger partial charge on any atom is -0.463 e. The molecular weight excluding hydrogens is 466 g/mol. The molecule has 11 nitrogen and oxygen atoms in total. The van der Waals surface area contributed by atoms with Crippen LogP contribution in [0.25, 0.3) is 22.5 Å². The van der Waals surface area contributed by atoms with E-state index in [0.29, 0.717) is 28.2 Å². The number of hydrogen-bond acceptors (Lipinski definition) is 8. The van der Waals surface area contributed by atoms with Crippen LogP contribution in [0.2, 0.25) is 0 Å². The number of aryl methyl sites for hydroxylation is 2. The van der Waals surface area contributed by atoms with Crippen LogP contribution in [0.1, 0.15) is 47.9 Å². The molecule has 3 heterocycles. The Morgan fingerprint density at radius 3 is 2.64 bits per heavy atom. The molecule has 0 aliphatic carbocycles. The third kappa shape index (κ3) is 4.95. The number of fused-ring (bicyclic) bond motifs is 1. The molecular formula is C25H25N5O6. The highest BCUT2D eigenvalue weighted by Gasteiger charge is 2.28. The van der Waals surface area contributed by atoms with Crippen molar-refractivity contribution >= 4 is 28.6 Å². The van der Waals surface area contributed by atoms with E-state index in [2.05, 4.69) is 15.4 Å². The van der Waals surface area contributed by atoms with Gasteiger partial charge in [0.1, 0.15) is 5.69 Å². The number of nitrogens with one attached hydrogen (secondary N) is 1. The summed E-state index contributed by atoms with van der Waals surface area (Å²) in [5.41, 5.74) is 1.69. The lowest BCUT2D eigenvalue weighted by atomic mass is 10.00. The van der Waals surface area contributed by atoms with Gasteiger partial charge in [-0.15, -0.1) is 0 Å². The largest absolute Gasteiger partial charge is 0.463 e. The summed E-state index contributed by atoms with van der Waals surface area (Å²) in [5.74, 6) is -0.686. The maximum atomic E-state index is 13.7. The van der Waals surface area contributed by atoms with Crippen LogP contribution in [0.5, 0.6) is 0 Å². The average Bonchev–Trinajstić information content (AvgIpc) is 3.46. The number of esters is 1. The number of furan rings is 1. The minimum absolute atomic E-state index is 0.191. The molecule has 0 saturated carbocycles. The maximum Gasteiger partial charge on any atom is 0.308 e. The van der Waals surface area contributed by atoms with Crippen LogP contribution in [-0.4, -0.2) is 37.7 Å². The van der Waals surface area contributed by atoms with E-state index in [4.69, 9.17) is 9.15 Å². The molecule has 4 rings (SSSR count). The van der Waals surface area contributed by atoms with Crippen molar-refractivity contribution in [3.05, 3.63) is 75.7 Å². The predicted octanol–water partition coefficient (Wildman–Crippen LogP) is 4.26. The SMILES string of the molecule is Cc1nn(C)c2nc(-c3ccco3)cc(C(=O)NC(CC(=O)OC(C)C)c3ccccc3[N+](=O)[O-])c12. The molecule has 0 aliphatic heterocycles. The zero-order valence-electron chi connectivity index (χ0n) is 20.2. The highest BCUT2D eigenvalue weighted by Crippen LogP contribution is 2.30. The van der Waals surface area contributed by atoms with E-state index in [1.807, 2.05) is 0 Å². The molecule has 0 radical (unpaired) electrons. The zero-order valence-corrected chi connectivity index (χ0v) is 20.2. The Labute approximate surface area is 206 Å². The van der Waals surface area contributed by atoms with E-state index in [-0.39, 0.29) is 29.3 Å². The van der Waals surface area contributed by atoms with Gasteiger partial charge in [-0.05, 0) is 39.0 Å². The molecule has 1 amide bonds. The number of rotatable bonds is 8. The van der Waals surface area contributed by atoms with Gasteiger partial charge in [-0.1, -0.05) is 18.2 Å². The van der Waals surface area contributed by atoms with Crippen molar-refractivity contribution in [1.29, 1.82) is 0 Å². The molecule has 1 N–H and O–H groups in total. The maximum absolute atomic E-state index is 13.7. The van der Waals surface area contributed by atoms with Crippen molar-refractivity contribution in [2.75, 3.05) is 0 Å². The molecule has 0 aliphatic rings. The van der Waals surface area contributed by atoms with Gasteiger partial charge in [-0.2, -0.15) is 5.10 Å². The van der Waals surface area contributed by atoms with E-state index in [1.165, 1.54) is 24.5 Å². The van der Waals surface area contributed by atoms with Gasteiger partial charge in [0, 0.05) is 13.1 Å². The van der Waals surface area contributed by atoms with Crippen LogP contribution in [0.15, 0.2) is 53.1 Å². The predicted molar refractivity (Wildman–Crippen MR) is 130 cm³/mol. The van der Waals surface area contributed by atoms with Crippen LogP contribution in [0.4, 0.5) is 5.69 Å². The van der Waals surface area contributed by atoms with Gasteiger partial charge in [0.05, 0.1) is 52.0 Å². The molecule has 0 saturated heterocycles. The van der Waals surface area contributed by atoms with E-state index in [1.54, 1.807) is 56.8 Å². The monoisotopic (exact) mass is 491 g/mol. The summed E-state index contributed by atoms with van der Waals surface area (Å²) >= 11 is 0. The second kappa shape index (κ2) is 9.98. The molecule has 186 valence electrons. The van der Waals surface area contributed by atoms with Crippen LogP contribution < -0.4 is 5.32 Å². The lowest BCUT2D eigenvalue weighted by Gasteiger charge is -2.20. The second-order valence-electron chi connectivity index (χ2n) is 8.52. The summed E-state index contributed by atoms with van der Waals surface area (Å²) in [6, 6.07) is 9.96. The van der Waals surface area contributed by atoms with E-state index < -0.39 is 22.8 Å². The molecule has 1 unspecified atom stereocenters. The first-order chi connectivity index (χ1) is 17.2. The zero-order chi connectivity index (χ0) is 26.0. The Kier molecular flexibility index (Phi) is 6.82. The number of nitro benzene ring substituents is 1. The number of para-hydroxylation sites is 1. The van der Waals surface area contributed by atoms with Gasteiger partial charge < -0.3 is 14.5 Å².